The average Bonchev–Trinajstić information content (AvgIpc) is 3.02. The highest BCUT2D eigenvalue weighted by Crippen LogP contribution is 2.26. The van der Waals surface area contributed by atoms with Gasteiger partial charge in [0, 0.05) is 26.0 Å². The maximum Gasteiger partial charge on any atom is 0.253 e. The summed E-state index contributed by atoms with van der Waals surface area (Å²) in [5.41, 5.74) is 1.97. The first kappa shape index (κ1) is 16.9. The lowest BCUT2D eigenvalue weighted by molar-refractivity contribution is -0.116. The largest absolute Gasteiger partial charge is 0.359 e. The molecule has 3 rings (SSSR count). The van der Waals surface area contributed by atoms with Crippen molar-refractivity contribution in [2.75, 3.05) is 23.8 Å². The molecule has 25 heavy (non-hydrogen) atoms. The number of hydrogen-bond donors (Lipinski definition) is 2. The fourth-order valence-electron chi connectivity index (χ4n) is 2.71. The number of amides is 2. The Hall–Kier alpha value is -2.90. The highest BCUT2D eigenvalue weighted by molar-refractivity contribution is 6.03. The number of nitrogens with zero attached hydrogens (tertiary/aromatic N) is 4. The molecule has 1 aliphatic rings. The number of fused-ring (bicyclic) bond motifs is 1. The predicted molar refractivity (Wildman–Crippen MR) is 94.4 cm³/mol. The molecule has 0 bridgehead atoms. The summed E-state index contributed by atoms with van der Waals surface area (Å²) in [6.07, 6.45) is 5.04. The Kier molecular flexibility index (Phi) is 4.69. The molecule has 8 nitrogen and oxygen atoms in total. The molecule has 3 heterocycles. The smallest absolute Gasteiger partial charge is 0.253 e. The van der Waals surface area contributed by atoms with Crippen LogP contribution in [0.25, 0.3) is 0 Å². The van der Waals surface area contributed by atoms with E-state index >= 15 is 0 Å². The molecule has 8 heteroatoms. The zero-order chi connectivity index (χ0) is 18.0. The minimum Gasteiger partial charge on any atom is -0.359 e. The summed E-state index contributed by atoms with van der Waals surface area (Å²) in [5, 5.41) is 5.83. The van der Waals surface area contributed by atoms with Gasteiger partial charge in [0.15, 0.2) is 0 Å². The second kappa shape index (κ2) is 6.92. The molecule has 0 aromatic carbocycles. The SMILES string of the molecule is CC(C)Cn1cncc1CNC(=O)c1cnc2c(c1)N(C)C(=O)CN2. The van der Waals surface area contributed by atoms with Crippen LogP contribution in [0.2, 0.25) is 0 Å². The fraction of sp³-hybridized carbons (Fsp3) is 0.412. The standard InChI is InChI=1S/C17H22N6O2/c1-11(2)9-23-10-18-6-13(23)7-21-17(25)12-4-14-16(19-5-12)20-8-15(24)22(14)3/h4-6,10-11H,7-9H2,1-3H3,(H,19,20)(H,21,25). The number of aromatic nitrogens is 3. The highest BCUT2D eigenvalue weighted by atomic mass is 16.2. The summed E-state index contributed by atoms with van der Waals surface area (Å²) in [7, 11) is 1.68. The quantitative estimate of drug-likeness (QED) is 0.853. The van der Waals surface area contributed by atoms with Crippen molar-refractivity contribution < 1.29 is 9.59 Å². The molecule has 0 radical (unpaired) electrons. The predicted octanol–water partition coefficient (Wildman–Crippen LogP) is 1.25. The molecule has 0 spiro atoms. The van der Waals surface area contributed by atoms with Crippen LogP contribution in [0.1, 0.15) is 29.9 Å². The lowest BCUT2D eigenvalue weighted by Gasteiger charge is -2.26. The van der Waals surface area contributed by atoms with Crippen molar-refractivity contribution in [3.05, 3.63) is 36.0 Å². The van der Waals surface area contributed by atoms with E-state index in [2.05, 4.69) is 34.4 Å². The average molecular weight is 342 g/mol. The van der Waals surface area contributed by atoms with Crippen LogP contribution in [0.3, 0.4) is 0 Å². The topological polar surface area (TPSA) is 92.2 Å². The van der Waals surface area contributed by atoms with E-state index in [1.165, 1.54) is 11.1 Å². The van der Waals surface area contributed by atoms with Gasteiger partial charge in [0.2, 0.25) is 5.91 Å². The Bertz CT molecular complexity index is 798. The van der Waals surface area contributed by atoms with Gasteiger partial charge in [-0.2, -0.15) is 0 Å². The molecular formula is C17H22N6O2. The maximum atomic E-state index is 12.4. The zero-order valence-corrected chi connectivity index (χ0v) is 14.6. The molecular weight excluding hydrogens is 320 g/mol. The van der Waals surface area contributed by atoms with Crippen LogP contribution in [0.5, 0.6) is 0 Å². The highest BCUT2D eigenvalue weighted by Gasteiger charge is 2.22. The fourth-order valence-corrected chi connectivity index (χ4v) is 2.71. The van der Waals surface area contributed by atoms with E-state index in [1.807, 2.05) is 4.57 Å². The van der Waals surface area contributed by atoms with E-state index in [-0.39, 0.29) is 18.4 Å². The van der Waals surface area contributed by atoms with Crippen molar-refractivity contribution in [3.63, 3.8) is 0 Å². The van der Waals surface area contributed by atoms with E-state index < -0.39 is 0 Å². The number of rotatable bonds is 5. The lowest BCUT2D eigenvalue weighted by Crippen LogP contribution is -2.37. The summed E-state index contributed by atoms with van der Waals surface area (Å²) in [4.78, 5) is 34.1. The van der Waals surface area contributed by atoms with E-state index in [0.29, 0.717) is 29.5 Å². The zero-order valence-electron chi connectivity index (χ0n) is 14.6. The molecule has 132 valence electrons. The Morgan fingerprint density at radius 2 is 2.20 bits per heavy atom. The van der Waals surface area contributed by atoms with Gasteiger partial charge in [-0.1, -0.05) is 13.8 Å². The normalized spacial score (nSPS) is 13.6. The van der Waals surface area contributed by atoms with Crippen molar-refractivity contribution in [2.24, 2.45) is 5.92 Å². The first-order chi connectivity index (χ1) is 12.0. The van der Waals surface area contributed by atoms with Crippen LogP contribution >= 0.6 is 0 Å². The Morgan fingerprint density at radius 3 is 2.96 bits per heavy atom. The number of hydrogen-bond acceptors (Lipinski definition) is 5. The van der Waals surface area contributed by atoms with Crippen LogP contribution in [0.15, 0.2) is 24.8 Å². The molecule has 0 aliphatic carbocycles. The lowest BCUT2D eigenvalue weighted by atomic mass is 10.2. The summed E-state index contributed by atoms with van der Waals surface area (Å²) < 4.78 is 2.03. The molecule has 2 aromatic rings. The first-order valence-electron chi connectivity index (χ1n) is 8.23. The second-order valence-corrected chi connectivity index (χ2v) is 6.51. The third-order valence-electron chi connectivity index (χ3n) is 4.06. The monoisotopic (exact) mass is 342 g/mol. The van der Waals surface area contributed by atoms with E-state index in [0.717, 1.165) is 12.2 Å². The molecule has 2 amide bonds. The Morgan fingerprint density at radius 1 is 1.40 bits per heavy atom. The van der Waals surface area contributed by atoms with Crippen molar-refractivity contribution in [2.45, 2.75) is 26.9 Å². The van der Waals surface area contributed by atoms with Gasteiger partial charge in [-0.15, -0.1) is 0 Å². The third-order valence-corrected chi connectivity index (χ3v) is 4.06. The van der Waals surface area contributed by atoms with Crippen LogP contribution in [-0.4, -0.2) is 39.9 Å². The Balaban J connectivity index is 1.70. The van der Waals surface area contributed by atoms with Gasteiger partial charge >= 0.3 is 0 Å². The number of carbonyl (C=O) groups is 2. The van der Waals surface area contributed by atoms with Crippen LogP contribution in [-0.2, 0) is 17.9 Å². The van der Waals surface area contributed by atoms with E-state index in [4.69, 9.17) is 0 Å². The molecule has 2 aromatic heterocycles. The summed E-state index contributed by atoms with van der Waals surface area (Å²) in [6.45, 7) is 5.71. The molecule has 0 saturated carbocycles. The number of pyridine rings is 1. The van der Waals surface area contributed by atoms with Gasteiger partial charge in [0.25, 0.3) is 5.91 Å². The van der Waals surface area contributed by atoms with Crippen LogP contribution < -0.4 is 15.5 Å². The van der Waals surface area contributed by atoms with Crippen molar-refractivity contribution in [3.8, 4) is 0 Å². The number of anilines is 2. The summed E-state index contributed by atoms with van der Waals surface area (Å²) in [5.74, 6) is 0.797. The van der Waals surface area contributed by atoms with E-state index in [1.54, 1.807) is 25.6 Å². The first-order valence-corrected chi connectivity index (χ1v) is 8.23. The number of likely N-dealkylation sites (N-methyl/N-ethyl adjacent to an activating group) is 1. The van der Waals surface area contributed by atoms with Gasteiger partial charge < -0.3 is 20.1 Å². The van der Waals surface area contributed by atoms with Crippen LogP contribution in [0.4, 0.5) is 11.5 Å². The molecule has 0 atom stereocenters. The molecule has 0 fully saturated rings. The Labute approximate surface area is 146 Å². The van der Waals surface area contributed by atoms with Crippen molar-refractivity contribution in [1.82, 2.24) is 19.9 Å². The van der Waals surface area contributed by atoms with Crippen molar-refractivity contribution in [1.29, 1.82) is 0 Å². The molecule has 1 aliphatic heterocycles. The summed E-state index contributed by atoms with van der Waals surface area (Å²) >= 11 is 0. The molecule has 2 N–H and O–H groups in total. The van der Waals surface area contributed by atoms with Crippen molar-refractivity contribution >= 4 is 23.3 Å². The van der Waals surface area contributed by atoms with Gasteiger partial charge in [-0.05, 0) is 12.0 Å². The third kappa shape index (κ3) is 3.62. The maximum absolute atomic E-state index is 12.4. The van der Waals surface area contributed by atoms with E-state index in [9.17, 15) is 9.59 Å². The van der Waals surface area contributed by atoms with Gasteiger partial charge in [-0.3, -0.25) is 9.59 Å². The number of imidazole rings is 1. The molecule has 0 unspecified atom stereocenters. The van der Waals surface area contributed by atoms with Gasteiger partial charge in [0.1, 0.15) is 5.82 Å². The number of carbonyl (C=O) groups excluding carboxylic acids is 2. The molecule has 0 saturated heterocycles. The summed E-state index contributed by atoms with van der Waals surface area (Å²) in [6, 6.07) is 1.67. The second-order valence-electron chi connectivity index (χ2n) is 6.51. The van der Waals surface area contributed by atoms with Crippen LogP contribution in [0, 0.1) is 5.92 Å². The number of nitrogens with one attached hydrogen (secondary N) is 2. The minimum absolute atomic E-state index is 0.0653. The minimum atomic E-state index is -0.237. The van der Waals surface area contributed by atoms with Gasteiger partial charge in [0.05, 0.1) is 36.4 Å². The van der Waals surface area contributed by atoms with Gasteiger partial charge in [-0.25, -0.2) is 9.97 Å².